The van der Waals surface area contributed by atoms with Crippen LogP contribution in [0.1, 0.15) is 27.9 Å². The first-order valence-electron chi connectivity index (χ1n) is 8.30. The summed E-state index contributed by atoms with van der Waals surface area (Å²) in [4.78, 5) is 29.2. The number of ether oxygens (including phenoxy) is 1. The van der Waals surface area contributed by atoms with Gasteiger partial charge in [-0.15, -0.1) is 0 Å². The summed E-state index contributed by atoms with van der Waals surface area (Å²) < 4.78 is 10.7. The van der Waals surface area contributed by atoms with Crippen LogP contribution in [0.2, 0.25) is 0 Å². The maximum absolute atomic E-state index is 13.0. The summed E-state index contributed by atoms with van der Waals surface area (Å²) in [5.41, 5.74) is 12.1. The van der Waals surface area contributed by atoms with Crippen LogP contribution in [0.25, 0.3) is 11.3 Å². The molecule has 0 fully saturated rings. The lowest BCUT2D eigenvalue weighted by molar-refractivity contribution is -0.138. The van der Waals surface area contributed by atoms with E-state index >= 15 is 0 Å². The highest BCUT2D eigenvalue weighted by molar-refractivity contribution is 6.02. The number of esters is 1. The molecule has 0 bridgehead atoms. The fourth-order valence-electron chi connectivity index (χ4n) is 3.41. The second-order valence-corrected chi connectivity index (χ2v) is 6.24. The zero-order valence-corrected chi connectivity index (χ0v) is 14.2. The lowest BCUT2D eigenvalue weighted by Gasteiger charge is -2.26. The van der Waals surface area contributed by atoms with Gasteiger partial charge in [-0.2, -0.15) is 0 Å². The first kappa shape index (κ1) is 16.8. The predicted octanol–water partition coefficient (Wildman–Crippen LogP) is 1.80. The number of pyridine rings is 1. The average Bonchev–Trinajstić information content (AvgIpc) is 3.24. The molecule has 0 saturated heterocycles. The number of amides is 1. The van der Waals surface area contributed by atoms with Gasteiger partial charge < -0.3 is 20.7 Å². The summed E-state index contributed by atoms with van der Waals surface area (Å²) in [7, 11) is 0. The molecule has 1 unspecified atom stereocenters. The van der Waals surface area contributed by atoms with Crippen molar-refractivity contribution >= 4 is 17.8 Å². The SMILES string of the molecule is NC(=O)C1(OC(=O)c2c(-c3ccncc3)noc2N)CCc2ccccc21. The maximum Gasteiger partial charge on any atom is 0.347 e. The highest BCUT2D eigenvalue weighted by Crippen LogP contribution is 2.41. The topological polar surface area (TPSA) is 134 Å². The molecule has 3 aromatic rings. The van der Waals surface area contributed by atoms with Gasteiger partial charge in [-0.1, -0.05) is 29.4 Å². The van der Waals surface area contributed by atoms with Crippen molar-refractivity contribution in [1.82, 2.24) is 10.1 Å². The Morgan fingerprint density at radius 3 is 2.63 bits per heavy atom. The van der Waals surface area contributed by atoms with E-state index < -0.39 is 17.5 Å². The third kappa shape index (κ3) is 2.62. The Morgan fingerprint density at radius 1 is 1.15 bits per heavy atom. The van der Waals surface area contributed by atoms with Crippen molar-refractivity contribution in [3.63, 3.8) is 0 Å². The van der Waals surface area contributed by atoms with Gasteiger partial charge in [0.05, 0.1) is 0 Å². The summed E-state index contributed by atoms with van der Waals surface area (Å²) in [6, 6.07) is 10.6. The van der Waals surface area contributed by atoms with E-state index in [-0.39, 0.29) is 23.6 Å². The van der Waals surface area contributed by atoms with Crippen LogP contribution in [0.5, 0.6) is 0 Å². The molecule has 27 heavy (non-hydrogen) atoms. The van der Waals surface area contributed by atoms with Crippen molar-refractivity contribution in [3.05, 3.63) is 65.5 Å². The highest BCUT2D eigenvalue weighted by Gasteiger charge is 2.48. The summed E-state index contributed by atoms with van der Waals surface area (Å²) >= 11 is 0. The van der Waals surface area contributed by atoms with Crippen LogP contribution in [0.4, 0.5) is 5.88 Å². The average molecular weight is 364 g/mol. The molecular formula is C19H16N4O4. The van der Waals surface area contributed by atoms with Crippen LogP contribution in [0.3, 0.4) is 0 Å². The standard InChI is InChI=1S/C19H16N4O4/c20-16-14(15(23-27-16)12-6-9-22-10-7-12)17(24)26-19(18(21)25)8-5-11-3-1-2-4-13(11)19/h1-4,6-7,9-10H,5,8,20H2,(H2,21,25). The molecule has 4 N–H and O–H groups in total. The summed E-state index contributed by atoms with van der Waals surface area (Å²) in [6.07, 6.45) is 3.94. The molecule has 2 heterocycles. The zero-order chi connectivity index (χ0) is 19.0. The van der Waals surface area contributed by atoms with Crippen molar-refractivity contribution in [1.29, 1.82) is 0 Å². The minimum absolute atomic E-state index is 0.0498. The molecular weight excluding hydrogens is 348 g/mol. The fourth-order valence-corrected chi connectivity index (χ4v) is 3.41. The number of anilines is 1. The number of carbonyl (C=O) groups is 2. The van der Waals surface area contributed by atoms with E-state index in [0.29, 0.717) is 17.5 Å². The van der Waals surface area contributed by atoms with Crippen LogP contribution in [-0.2, 0) is 21.6 Å². The lowest BCUT2D eigenvalue weighted by Crippen LogP contribution is -2.43. The fraction of sp³-hybridized carbons (Fsp3) is 0.158. The molecule has 4 rings (SSSR count). The number of hydrogen-bond acceptors (Lipinski definition) is 7. The van der Waals surface area contributed by atoms with Crippen molar-refractivity contribution < 1.29 is 18.8 Å². The molecule has 8 heteroatoms. The molecule has 1 aromatic carbocycles. The molecule has 1 atom stereocenters. The Morgan fingerprint density at radius 2 is 1.89 bits per heavy atom. The molecule has 8 nitrogen and oxygen atoms in total. The van der Waals surface area contributed by atoms with Crippen molar-refractivity contribution in [2.24, 2.45) is 5.73 Å². The van der Waals surface area contributed by atoms with Crippen LogP contribution in [0, 0.1) is 0 Å². The van der Waals surface area contributed by atoms with Crippen LogP contribution >= 0.6 is 0 Å². The summed E-state index contributed by atoms with van der Waals surface area (Å²) in [6.45, 7) is 0. The number of nitrogen functional groups attached to an aromatic ring is 1. The van der Waals surface area contributed by atoms with Crippen molar-refractivity contribution in [3.8, 4) is 11.3 Å². The Hall–Kier alpha value is -3.68. The van der Waals surface area contributed by atoms with E-state index in [1.807, 2.05) is 12.1 Å². The molecule has 1 aliphatic rings. The highest BCUT2D eigenvalue weighted by atomic mass is 16.6. The molecule has 0 saturated carbocycles. The quantitative estimate of drug-likeness (QED) is 0.674. The number of benzene rings is 1. The van der Waals surface area contributed by atoms with Crippen LogP contribution in [-0.4, -0.2) is 22.0 Å². The molecule has 136 valence electrons. The monoisotopic (exact) mass is 364 g/mol. The third-order valence-electron chi connectivity index (χ3n) is 4.74. The molecule has 0 radical (unpaired) electrons. The van der Waals surface area contributed by atoms with Gasteiger partial charge >= 0.3 is 5.97 Å². The van der Waals surface area contributed by atoms with Gasteiger partial charge in [-0.05, 0) is 24.1 Å². The van der Waals surface area contributed by atoms with Gasteiger partial charge in [0.2, 0.25) is 11.5 Å². The van der Waals surface area contributed by atoms with Gasteiger partial charge in [0.15, 0.2) is 5.56 Å². The number of rotatable bonds is 4. The lowest BCUT2D eigenvalue weighted by atomic mass is 9.94. The zero-order valence-electron chi connectivity index (χ0n) is 14.2. The minimum atomic E-state index is -1.55. The van der Waals surface area contributed by atoms with Crippen molar-refractivity contribution in [2.45, 2.75) is 18.4 Å². The van der Waals surface area contributed by atoms with Gasteiger partial charge in [0, 0.05) is 29.9 Å². The van der Waals surface area contributed by atoms with E-state index in [2.05, 4.69) is 10.1 Å². The number of nitrogens with zero attached hydrogens (tertiary/aromatic N) is 2. The number of hydrogen-bond donors (Lipinski definition) is 2. The normalized spacial score (nSPS) is 18.1. The second-order valence-electron chi connectivity index (χ2n) is 6.24. The van der Waals surface area contributed by atoms with Gasteiger partial charge in [-0.3, -0.25) is 9.78 Å². The van der Waals surface area contributed by atoms with E-state index in [0.717, 1.165) is 5.56 Å². The molecule has 1 amide bonds. The molecule has 1 aliphatic carbocycles. The van der Waals surface area contributed by atoms with E-state index in [1.165, 1.54) is 0 Å². The van der Waals surface area contributed by atoms with Crippen LogP contribution in [0.15, 0.2) is 53.3 Å². The second kappa shape index (κ2) is 6.24. The number of aromatic nitrogens is 2. The molecule has 0 aliphatic heterocycles. The predicted molar refractivity (Wildman–Crippen MR) is 95.2 cm³/mol. The summed E-state index contributed by atoms with van der Waals surface area (Å²) in [5, 5.41) is 3.85. The molecule has 0 spiro atoms. The van der Waals surface area contributed by atoms with Crippen molar-refractivity contribution in [2.75, 3.05) is 5.73 Å². The number of fused-ring (bicyclic) bond motifs is 1. The van der Waals surface area contributed by atoms with E-state index in [1.54, 1.807) is 36.7 Å². The Kier molecular flexibility index (Phi) is 3.88. The van der Waals surface area contributed by atoms with E-state index in [4.69, 9.17) is 20.7 Å². The first-order valence-corrected chi connectivity index (χ1v) is 8.30. The first-order chi connectivity index (χ1) is 13.0. The van der Waals surface area contributed by atoms with E-state index in [9.17, 15) is 9.59 Å². The Bertz CT molecular complexity index is 1030. The minimum Gasteiger partial charge on any atom is -0.440 e. The number of aryl methyl sites for hydroxylation is 1. The van der Waals surface area contributed by atoms with Gasteiger partial charge in [-0.25, -0.2) is 4.79 Å². The van der Waals surface area contributed by atoms with Gasteiger partial charge in [0.1, 0.15) is 5.69 Å². The Labute approximate surface area is 154 Å². The largest absolute Gasteiger partial charge is 0.440 e. The summed E-state index contributed by atoms with van der Waals surface area (Å²) in [5.74, 6) is -1.75. The number of nitrogens with two attached hydrogens (primary N) is 2. The molecule has 2 aromatic heterocycles. The number of carbonyl (C=O) groups excluding carboxylic acids is 2. The third-order valence-corrected chi connectivity index (χ3v) is 4.74. The smallest absolute Gasteiger partial charge is 0.347 e. The van der Waals surface area contributed by atoms with Gasteiger partial charge in [0.25, 0.3) is 5.91 Å². The Balaban J connectivity index is 1.75. The van der Waals surface area contributed by atoms with Crippen LogP contribution < -0.4 is 11.5 Å². The maximum atomic E-state index is 13.0. The number of primary amides is 1.